The molecule has 2 atom stereocenters. The quantitative estimate of drug-likeness (QED) is 0.473. The molecule has 0 saturated carbocycles. The van der Waals surface area contributed by atoms with Gasteiger partial charge in [0.15, 0.2) is 17.8 Å². The van der Waals surface area contributed by atoms with E-state index in [-0.39, 0.29) is 11.9 Å². The molecule has 0 aromatic carbocycles. The Morgan fingerprint density at radius 3 is 2.69 bits per heavy atom. The lowest BCUT2D eigenvalue weighted by Crippen LogP contribution is -2.43. The highest BCUT2D eigenvalue weighted by atomic mass is 19.4. The summed E-state index contributed by atoms with van der Waals surface area (Å²) in [4.78, 5) is 19.3. The molecule has 166 valence electrons. The molecule has 5 rings (SSSR count). The molecule has 0 spiro atoms. The highest BCUT2D eigenvalue weighted by Gasteiger charge is 2.32. The van der Waals surface area contributed by atoms with Crippen LogP contribution < -0.4 is 4.90 Å². The van der Waals surface area contributed by atoms with Crippen LogP contribution in [0.25, 0.3) is 17.2 Å². The molecule has 1 saturated heterocycles. The Balaban J connectivity index is 1.48. The number of hydrogen-bond donors (Lipinski definition) is 0. The highest BCUT2D eigenvalue weighted by molar-refractivity contribution is 5.59. The molecule has 1 aliphatic heterocycles. The molecule has 1 fully saturated rings. The second kappa shape index (κ2) is 7.55. The number of pyridine rings is 1. The number of anilines is 1. The van der Waals surface area contributed by atoms with Crippen LogP contribution in [0.15, 0.2) is 41.3 Å². The molecule has 1 aliphatic rings. The molecule has 0 unspecified atom stereocenters. The number of halogens is 3. The zero-order valence-corrected chi connectivity index (χ0v) is 17.1. The third-order valence-corrected chi connectivity index (χ3v) is 5.11. The van der Waals surface area contributed by atoms with E-state index >= 15 is 0 Å². The van der Waals surface area contributed by atoms with Gasteiger partial charge in [0.25, 0.3) is 5.89 Å². The second-order valence-electron chi connectivity index (χ2n) is 7.55. The van der Waals surface area contributed by atoms with E-state index in [4.69, 9.17) is 9.26 Å². The Hall–Kier alpha value is -3.54. The van der Waals surface area contributed by atoms with Crippen LogP contribution >= 0.6 is 0 Å². The summed E-state index contributed by atoms with van der Waals surface area (Å²) in [7, 11) is 0. The molecule has 4 aromatic heterocycles. The molecule has 5 heterocycles. The number of morpholine rings is 1. The summed E-state index contributed by atoms with van der Waals surface area (Å²) in [5, 5.41) is 3.82. The predicted molar refractivity (Wildman–Crippen MR) is 106 cm³/mol. The standard InChI is InChI=1S/C20H18F3N7O2/c1-11-8-29(10-15(31-11)19-26-12(2)28-32-19)17-5-6-24-18(27-17)14-7-25-16-4-3-13(9-30(14)16)20(21,22)23/h3-7,9,11,15H,8,10H2,1-2H3/t11-,15-/m0/s1. The van der Waals surface area contributed by atoms with Crippen LogP contribution in [0, 0.1) is 6.92 Å². The molecule has 0 aliphatic carbocycles. The van der Waals surface area contributed by atoms with E-state index in [1.165, 1.54) is 16.7 Å². The number of hydrogen-bond acceptors (Lipinski definition) is 8. The number of aromatic nitrogens is 6. The fourth-order valence-corrected chi connectivity index (χ4v) is 3.68. The van der Waals surface area contributed by atoms with Gasteiger partial charge in [-0.2, -0.15) is 18.2 Å². The van der Waals surface area contributed by atoms with Gasteiger partial charge in [0, 0.05) is 18.9 Å². The summed E-state index contributed by atoms with van der Waals surface area (Å²) in [5.41, 5.74) is -0.0488. The second-order valence-corrected chi connectivity index (χ2v) is 7.55. The van der Waals surface area contributed by atoms with Gasteiger partial charge in [-0.15, -0.1) is 0 Å². The van der Waals surface area contributed by atoms with Crippen LogP contribution in [0.1, 0.15) is 30.3 Å². The molecular formula is C20H18F3N7O2. The van der Waals surface area contributed by atoms with Crippen molar-refractivity contribution in [2.24, 2.45) is 0 Å². The van der Waals surface area contributed by atoms with E-state index in [1.807, 2.05) is 11.8 Å². The van der Waals surface area contributed by atoms with Gasteiger partial charge in [-0.25, -0.2) is 15.0 Å². The number of aryl methyl sites for hydroxylation is 1. The van der Waals surface area contributed by atoms with Crippen molar-refractivity contribution in [1.82, 2.24) is 29.5 Å². The maximum atomic E-state index is 13.2. The first kappa shape index (κ1) is 20.4. The van der Waals surface area contributed by atoms with Gasteiger partial charge in [-0.1, -0.05) is 5.16 Å². The fourth-order valence-electron chi connectivity index (χ4n) is 3.68. The zero-order chi connectivity index (χ0) is 22.5. The number of nitrogens with zero attached hydrogens (tertiary/aromatic N) is 7. The van der Waals surface area contributed by atoms with Gasteiger partial charge in [-0.05, 0) is 32.0 Å². The van der Waals surface area contributed by atoms with Crippen molar-refractivity contribution in [3.05, 3.63) is 54.1 Å². The molecule has 0 amide bonds. The Labute approximate surface area is 179 Å². The van der Waals surface area contributed by atoms with Crippen LogP contribution in [0.4, 0.5) is 19.0 Å². The van der Waals surface area contributed by atoms with Crippen molar-refractivity contribution in [2.45, 2.75) is 32.2 Å². The van der Waals surface area contributed by atoms with E-state index in [9.17, 15) is 13.2 Å². The Morgan fingerprint density at radius 1 is 1.09 bits per heavy atom. The largest absolute Gasteiger partial charge is 0.417 e. The van der Waals surface area contributed by atoms with Gasteiger partial charge in [0.05, 0.1) is 24.4 Å². The van der Waals surface area contributed by atoms with Crippen molar-refractivity contribution in [1.29, 1.82) is 0 Å². The predicted octanol–water partition coefficient (Wildman–Crippen LogP) is 3.47. The Kier molecular flexibility index (Phi) is 4.81. The maximum Gasteiger partial charge on any atom is 0.417 e. The Morgan fingerprint density at radius 2 is 1.94 bits per heavy atom. The van der Waals surface area contributed by atoms with Crippen LogP contribution in [0.2, 0.25) is 0 Å². The van der Waals surface area contributed by atoms with Gasteiger partial charge in [-0.3, -0.25) is 4.40 Å². The number of rotatable bonds is 3. The monoisotopic (exact) mass is 445 g/mol. The summed E-state index contributed by atoms with van der Waals surface area (Å²) in [5.74, 6) is 1.77. The van der Waals surface area contributed by atoms with E-state index < -0.39 is 17.8 Å². The molecule has 0 N–H and O–H groups in total. The lowest BCUT2D eigenvalue weighted by Gasteiger charge is -2.36. The van der Waals surface area contributed by atoms with Crippen molar-refractivity contribution < 1.29 is 22.4 Å². The maximum absolute atomic E-state index is 13.2. The lowest BCUT2D eigenvalue weighted by molar-refractivity contribution is -0.137. The first-order chi connectivity index (χ1) is 15.3. The third-order valence-electron chi connectivity index (χ3n) is 5.11. The van der Waals surface area contributed by atoms with Gasteiger partial charge < -0.3 is 14.2 Å². The Bertz CT molecular complexity index is 1270. The summed E-state index contributed by atoms with van der Waals surface area (Å²) in [6.45, 7) is 4.64. The lowest BCUT2D eigenvalue weighted by atomic mass is 10.2. The molecular weight excluding hydrogens is 427 g/mol. The topological polar surface area (TPSA) is 94.5 Å². The van der Waals surface area contributed by atoms with Crippen LogP contribution in [-0.2, 0) is 10.9 Å². The molecule has 0 radical (unpaired) electrons. The average Bonchev–Trinajstić information content (AvgIpc) is 3.38. The van der Waals surface area contributed by atoms with E-state index in [0.717, 1.165) is 12.3 Å². The summed E-state index contributed by atoms with van der Waals surface area (Å²) >= 11 is 0. The molecule has 0 bridgehead atoms. The fraction of sp³-hybridized carbons (Fsp3) is 0.350. The average molecular weight is 445 g/mol. The normalized spacial score (nSPS) is 19.6. The molecule has 9 nitrogen and oxygen atoms in total. The van der Waals surface area contributed by atoms with E-state index in [1.54, 1.807) is 19.2 Å². The van der Waals surface area contributed by atoms with Crippen LogP contribution in [0.3, 0.4) is 0 Å². The summed E-state index contributed by atoms with van der Waals surface area (Å²) < 4.78 is 52.1. The summed E-state index contributed by atoms with van der Waals surface area (Å²) in [6.07, 6.45) is -1.01. The van der Waals surface area contributed by atoms with Crippen molar-refractivity contribution >= 4 is 11.5 Å². The number of imidazole rings is 1. The minimum atomic E-state index is -4.47. The van der Waals surface area contributed by atoms with Crippen molar-refractivity contribution in [3.8, 4) is 11.5 Å². The number of fused-ring (bicyclic) bond motifs is 1. The smallest absolute Gasteiger partial charge is 0.362 e. The highest BCUT2D eigenvalue weighted by Crippen LogP contribution is 2.31. The summed E-state index contributed by atoms with van der Waals surface area (Å²) in [6, 6.07) is 4.05. The molecule has 4 aromatic rings. The van der Waals surface area contributed by atoms with Gasteiger partial charge in [0.2, 0.25) is 0 Å². The first-order valence-corrected chi connectivity index (χ1v) is 9.86. The first-order valence-electron chi connectivity index (χ1n) is 9.86. The van der Waals surface area contributed by atoms with Crippen molar-refractivity contribution in [3.63, 3.8) is 0 Å². The molecule has 32 heavy (non-hydrogen) atoms. The van der Waals surface area contributed by atoms with Crippen molar-refractivity contribution in [2.75, 3.05) is 18.0 Å². The van der Waals surface area contributed by atoms with Crippen LogP contribution in [-0.4, -0.2) is 48.7 Å². The minimum Gasteiger partial charge on any atom is -0.362 e. The minimum absolute atomic E-state index is 0.135. The SMILES string of the molecule is Cc1noc([C@@H]2CN(c3ccnc(-c4cnc5ccc(C(F)(F)F)cn45)n3)C[C@H](C)O2)n1. The third kappa shape index (κ3) is 3.77. The van der Waals surface area contributed by atoms with Crippen LogP contribution in [0.5, 0.6) is 0 Å². The van der Waals surface area contributed by atoms with Gasteiger partial charge >= 0.3 is 6.18 Å². The van der Waals surface area contributed by atoms with E-state index in [0.29, 0.717) is 42.0 Å². The zero-order valence-electron chi connectivity index (χ0n) is 17.1. The van der Waals surface area contributed by atoms with Gasteiger partial charge in [0.1, 0.15) is 17.2 Å². The number of alkyl halides is 3. The van der Waals surface area contributed by atoms with E-state index in [2.05, 4.69) is 25.1 Å². The molecule has 12 heteroatoms. The number of ether oxygens (including phenoxy) is 1.